The molecule has 20 heavy (non-hydrogen) atoms. The highest BCUT2D eigenvalue weighted by atomic mass is 35.5. The maximum Gasteiger partial charge on any atom is 0.204 e. The topological polar surface area (TPSA) is 82.5 Å². The Kier molecular flexibility index (Phi) is 3.08. The van der Waals surface area contributed by atoms with Gasteiger partial charge in [0.2, 0.25) is 5.82 Å². The summed E-state index contributed by atoms with van der Waals surface area (Å²) in [5, 5.41) is 12.6. The minimum atomic E-state index is 0.469. The predicted octanol–water partition coefficient (Wildman–Crippen LogP) is 2.17. The van der Waals surface area contributed by atoms with E-state index in [1.54, 1.807) is 25.4 Å². The lowest BCUT2D eigenvalue weighted by Gasteiger charge is -2.06. The van der Waals surface area contributed by atoms with Gasteiger partial charge in [-0.2, -0.15) is 4.80 Å². The van der Waals surface area contributed by atoms with E-state index in [1.165, 1.54) is 4.80 Å². The van der Waals surface area contributed by atoms with E-state index in [0.717, 1.165) is 16.7 Å². The fourth-order valence-electron chi connectivity index (χ4n) is 1.85. The van der Waals surface area contributed by atoms with E-state index in [0.29, 0.717) is 16.7 Å². The van der Waals surface area contributed by atoms with E-state index in [9.17, 15) is 0 Å². The fraction of sp³-hybridized carbons (Fsp3) is 0.0769. The summed E-state index contributed by atoms with van der Waals surface area (Å²) >= 11 is 6.24. The lowest BCUT2D eigenvalue weighted by molar-refractivity contribution is 0.630. The second-order valence-electron chi connectivity index (χ2n) is 4.27. The molecule has 3 aromatic rings. The molecule has 6 nitrogen and oxygen atoms in total. The number of aromatic nitrogens is 5. The molecule has 0 aliphatic carbocycles. The van der Waals surface area contributed by atoms with Crippen LogP contribution >= 0.6 is 11.6 Å². The summed E-state index contributed by atoms with van der Waals surface area (Å²) < 4.78 is 0. The second-order valence-corrected chi connectivity index (χ2v) is 4.68. The Morgan fingerprint density at radius 3 is 2.60 bits per heavy atom. The van der Waals surface area contributed by atoms with Gasteiger partial charge in [0, 0.05) is 27.9 Å². The third-order valence-corrected chi connectivity index (χ3v) is 3.16. The van der Waals surface area contributed by atoms with Gasteiger partial charge < -0.3 is 5.73 Å². The van der Waals surface area contributed by atoms with Crippen molar-refractivity contribution in [2.24, 2.45) is 7.05 Å². The Morgan fingerprint density at radius 2 is 1.95 bits per heavy atom. The molecule has 0 unspecified atom stereocenters. The highest BCUT2D eigenvalue weighted by Crippen LogP contribution is 2.31. The third kappa shape index (κ3) is 2.33. The molecule has 0 fully saturated rings. The van der Waals surface area contributed by atoms with Gasteiger partial charge in [0.15, 0.2) is 0 Å². The first-order chi connectivity index (χ1) is 9.63. The average molecular weight is 287 g/mol. The van der Waals surface area contributed by atoms with Gasteiger partial charge in [-0.1, -0.05) is 11.6 Å². The van der Waals surface area contributed by atoms with Crippen molar-refractivity contribution >= 4 is 17.4 Å². The van der Waals surface area contributed by atoms with Crippen molar-refractivity contribution in [3.63, 3.8) is 0 Å². The van der Waals surface area contributed by atoms with Crippen LogP contribution in [-0.4, -0.2) is 25.2 Å². The molecule has 0 amide bonds. The molecule has 2 heterocycles. The number of benzene rings is 1. The van der Waals surface area contributed by atoms with E-state index in [1.807, 2.05) is 18.2 Å². The molecule has 0 aliphatic rings. The standard InChI is InChI=1S/C13H11ClN6/c1-20-18-13(17-19-20)8-2-4-11(14)10(6-8)9-3-5-12(15)16-7-9/h2-7H,1H3,(H2,15,16). The van der Waals surface area contributed by atoms with Crippen LogP contribution in [0.2, 0.25) is 5.02 Å². The van der Waals surface area contributed by atoms with Gasteiger partial charge in [-0.25, -0.2) is 4.98 Å². The van der Waals surface area contributed by atoms with Crippen LogP contribution in [-0.2, 0) is 7.05 Å². The van der Waals surface area contributed by atoms with Gasteiger partial charge in [-0.3, -0.25) is 0 Å². The summed E-state index contributed by atoms with van der Waals surface area (Å²) in [6.45, 7) is 0. The number of pyridine rings is 1. The quantitative estimate of drug-likeness (QED) is 0.781. The smallest absolute Gasteiger partial charge is 0.204 e. The van der Waals surface area contributed by atoms with Crippen LogP contribution in [0.4, 0.5) is 5.82 Å². The zero-order valence-electron chi connectivity index (χ0n) is 10.7. The number of aryl methyl sites for hydroxylation is 1. The number of halogens is 1. The first-order valence-corrected chi connectivity index (χ1v) is 6.27. The minimum absolute atomic E-state index is 0.469. The molecule has 1 aromatic carbocycles. The summed E-state index contributed by atoms with van der Waals surface area (Å²) in [5.41, 5.74) is 8.17. The monoisotopic (exact) mass is 286 g/mol. The summed E-state index contributed by atoms with van der Waals surface area (Å²) in [4.78, 5) is 5.49. The SMILES string of the molecule is Cn1nnc(-c2ccc(Cl)c(-c3ccc(N)nc3)c2)n1. The molecule has 2 N–H and O–H groups in total. The van der Waals surface area contributed by atoms with Crippen LogP contribution < -0.4 is 5.73 Å². The maximum absolute atomic E-state index is 6.24. The number of nitrogens with two attached hydrogens (primary N) is 1. The van der Waals surface area contributed by atoms with Crippen molar-refractivity contribution in [2.75, 3.05) is 5.73 Å². The van der Waals surface area contributed by atoms with Crippen LogP contribution in [0.15, 0.2) is 36.5 Å². The number of nitrogen functional groups attached to an aromatic ring is 1. The zero-order valence-corrected chi connectivity index (χ0v) is 11.4. The second kappa shape index (κ2) is 4.90. The summed E-state index contributed by atoms with van der Waals surface area (Å²) in [6, 6.07) is 9.18. The minimum Gasteiger partial charge on any atom is -0.384 e. The highest BCUT2D eigenvalue weighted by Gasteiger charge is 2.10. The van der Waals surface area contributed by atoms with Gasteiger partial charge in [0.05, 0.1) is 7.05 Å². The number of anilines is 1. The van der Waals surface area contributed by atoms with Gasteiger partial charge in [0.1, 0.15) is 5.82 Å². The van der Waals surface area contributed by atoms with Crippen molar-refractivity contribution in [1.29, 1.82) is 0 Å². The van der Waals surface area contributed by atoms with Crippen molar-refractivity contribution in [2.45, 2.75) is 0 Å². The van der Waals surface area contributed by atoms with Gasteiger partial charge in [-0.15, -0.1) is 10.2 Å². The predicted molar refractivity (Wildman–Crippen MR) is 76.9 cm³/mol. The Balaban J connectivity index is 2.09. The van der Waals surface area contributed by atoms with Crippen LogP contribution in [0.5, 0.6) is 0 Å². The van der Waals surface area contributed by atoms with Crippen LogP contribution in [0.1, 0.15) is 0 Å². The maximum atomic E-state index is 6.24. The number of hydrogen-bond acceptors (Lipinski definition) is 5. The molecule has 0 radical (unpaired) electrons. The molecule has 3 rings (SSSR count). The van der Waals surface area contributed by atoms with E-state index in [2.05, 4.69) is 20.4 Å². The van der Waals surface area contributed by atoms with Crippen LogP contribution in [0, 0.1) is 0 Å². The number of hydrogen-bond donors (Lipinski definition) is 1. The molecule has 2 aromatic heterocycles. The van der Waals surface area contributed by atoms with Gasteiger partial charge in [-0.05, 0) is 35.5 Å². The van der Waals surface area contributed by atoms with E-state index < -0.39 is 0 Å². The number of tetrazole rings is 1. The Bertz CT molecular complexity index is 750. The Hall–Kier alpha value is -2.47. The molecule has 7 heteroatoms. The third-order valence-electron chi connectivity index (χ3n) is 2.83. The molecule has 100 valence electrons. The fourth-order valence-corrected chi connectivity index (χ4v) is 2.08. The average Bonchev–Trinajstić information content (AvgIpc) is 2.87. The van der Waals surface area contributed by atoms with Crippen LogP contribution in [0.3, 0.4) is 0 Å². The van der Waals surface area contributed by atoms with Crippen molar-refractivity contribution in [1.82, 2.24) is 25.2 Å². The highest BCUT2D eigenvalue weighted by molar-refractivity contribution is 6.33. The van der Waals surface area contributed by atoms with E-state index >= 15 is 0 Å². The summed E-state index contributed by atoms with van der Waals surface area (Å²) in [7, 11) is 1.72. The first kappa shape index (κ1) is 12.6. The molecule has 0 aliphatic heterocycles. The lowest BCUT2D eigenvalue weighted by Crippen LogP contribution is -1.92. The number of nitrogens with zero attached hydrogens (tertiary/aromatic N) is 5. The van der Waals surface area contributed by atoms with Crippen LogP contribution in [0.25, 0.3) is 22.5 Å². The molecule has 0 atom stereocenters. The molecular weight excluding hydrogens is 276 g/mol. The van der Waals surface area contributed by atoms with Crippen molar-refractivity contribution in [3.05, 3.63) is 41.6 Å². The van der Waals surface area contributed by atoms with Crippen molar-refractivity contribution in [3.8, 4) is 22.5 Å². The normalized spacial score (nSPS) is 10.7. The van der Waals surface area contributed by atoms with E-state index in [-0.39, 0.29) is 0 Å². The molecule has 0 bridgehead atoms. The molecule has 0 saturated carbocycles. The zero-order chi connectivity index (χ0) is 14.1. The van der Waals surface area contributed by atoms with E-state index in [4.69, 9.17) is 17.3 Å². The lowest BCUT2D eigenvalue weighted by atomic mass is 10.0. The Morgan fingerprint density at radius 1 is 1.15 bits per heavy atom. The summed E-state index contributed by atoms with van der Waals surface area (Å²) in [6.07, 6.45) is 1.68. The first-order valence-electron chi connectivity index (χ1n) is 5.89. The largest absolute Gasteiger partial charge is 0.384 e. The molecule has 0 spiro atoms. The number of rotatable bonds is 2. The van der Waals surface area contributed by atoms with Gasteiger partial charge in [0.25, 0.3) is 0 Å². The Labute approximate surface area is 120 Å². The molecule has 0 saturated heterocycles. The van der Waals surface area contributed by atoms with Crippen molar-refractivity contribution < 1.29 is 0 Å². The summed E-state index contributed by atoms with van der Waals surface area (Å²) in [5.74, 6) is 1.02. The van der Waals surface area contributed by atoms with Gasteiger partial charge >= 0.3 is 0 Å². The molecular formula is C13H11ClN6.